The minimum atomic E-state index is 0.620. The van der Waals surface area contributed by atoms with Crippen LogP contribution in [0.1, 0.15) is 5.56 Å². The Hall–Kier alpha value is -2.94. The Morgan fingerprint density at radius 1 is 0.864 bits per heavy atom. The number of aryl methyl sites for hydroxylation is 1. The Morgan fingerprint density at radius 3 is 2.55 bits per heavy atom. The smallest absolute Gasteiger partial charge is 0.227 e. The fraction of sp³-hybridized carbons (Fsp3) is 0.0526. The van der Waals surface area contributed by atoms with Gasteiger partial charge in [-0.25, -0.2) is 4.98 Å². The normalized spacial score (nSPS) is 11.0. The predicted molar refractivity (Wildman–Crippen MR) is 87.4 cm³/mol. The first-order valence-corrected chi connectivity index (χ1v) is 7.18. The average molecular weight is 286 g/mol. The second kappa shape index (κ2) is 5.11. The van der Waals surface area contributed by atoms with E-state index in [0.29, 0.717) is 5.89 Å². The predicted octanol–water partition coefficient (Wildman–Crippen LogP) is 4.87. The number of para-hydroxylation sites is 1. The number of fused-ring (bicyclic) bond motifs is 1. The molecular weight excluding hydrogens is 272 g/mol. The molecule has 3 heteroatoms. The lowest BCUT2D eigenvalue weighted by Crippen LogP contribution is -1.83. The molecule has 0 radical (unpaired) electrons. The summed E-state index contributed by atoms with van der Waals surface area (Å²) in [6.07, 6.45) is 3.56. The van der Waals surface area contributed by atoms with Gasteiger partial charge in [0.25, 0.3) is 0 Å². The maximum absolute atomic E-state index is 5.96. The average Bonchev–Trinajstić information content (AvgIpc) is 3.05. The first-order valence-electron chi connectivity index (χ1n) is 7.18. The van der Waals surface area contributed by atoms with Gasteiger partial charge in [0.15, 0.2) is 5.76 Å². The maximum atomic E-state index is 5.96. The molecule has 0 bridgehead atoms. The van der Waals surface area contributed by atoms with E-state index in [1.54, 1.807) is 12.4 Å². The molecule has 3 nitrogen and oxygen atoms in total. The third-order valence-electron chi connectivity index (χ3n) is 3.72. The standard InChI is InChI=1S/C19H14N2O/c1-13-6-8-14(9-7-13)18-12-21-19(22-18)16-10-11-20-17-5-3-2-4-15(16)17/h2-12H,1H3. The number of pyridine rings is 1. The van der Waals surface area contributed by atoms with E-state index in [0.717, 1.165) is 27.8 Å². The molecule has 106 valence electrons. The molecular formula is C19H14N2O. The van der Waals surface area contributed by atoms with Crippen LogP contribution in [-0.4, -0.2) is 9.97 Å². The molecule has 0 fully saturated rings. The Morgan fingerprint density at radius 2 is 1.68 bits per heavy atom. The summed E-state index contributed by atoms with van der Waals surface area (Å²) in [5, 5.41) is 1.04. The van der Waals surface area contributed by atoms with Gasteiger partial charge >= 0.3 is 0 Å². The van der Waals surface area contributed by atoms with Gasteiger partial charge in [0, 0.05) is 22.7 Å². The van der Waals surface area contributed by atoms with Crippen molar-refractivity contribution in [2.24, 2.45) is 0 Å². The van der Waals surface area contributed by atoms with Gasteiger partial charge in [-0.15, -0.1) is 0 Å². The van der Waals surface area contributed by atoms with Crippen LogP contribution in [0.4, 0.5) is 0 Å². The van der Waals surface area contributed by atoms with Crippen LogP contribution < -0.4 is 0 Å². The zero-order valence-electron chi connectivity index (χ0n) is 12.2. The summed E-state index contributed by atoms with van der Waals surface area (Å²) < 4.78 is 5.96. The van der Waals surface area contributed by atoms with Gasteiger partial charge < -0.3 is 4.42 Å². The molecule has 0 amide bonds. The van der Waals surface area contributed by atoms with Crippen LogP contribution in [0.5, 0.6) is 0 Å². The summed E-state index contributed by atoms with van der Waals surface area (Å²) in [5.74, 6) is 1.39. The van der Waals surface area contributed by atoms with Crippen molar-refractivity contribution in [3.63, 3.8) is 0 Å². The van der Waals surface area contributed by atoms with Crippen LogP contribution in [0.15, 0.2) is 71.4 Å². The Labute approximate surface area is 128 Å². The minimum Gasteiger partial charge on any atom is -0.436 e. The van der Waals surface area contributed by atoms with Crippen LogP contribution >= 0.6 is 0 Å². The fourth-order valence-electron chi connectivity index (χ4n) is 2.53. The molecule has 2 aromatic heterocycles. The molecule has 4 rings (SSSR count). The minimum absolute atomic E-state index is 0.620. The quantitative estimate of drug-likeness (QED) is 0.528. The topological polar surface area (TPSA) is 38.9 Å². The summed E-state index contributed by atoms with van der Waals surface area (Å²) in [4.78, 5) is 8.81. The number of benzene rings is 2. The first kappa shape index (κ1) is 12.8. The zero-order valence-corrected chi connectivity index (χ0v) is 12.2. The summed E-state index contributed by atoms with van der Waals surface area (Å²) >= 11 is 0. The summed E-state index contributed by atoms with van der Waals surface area (Å²) in [6, 6.07) is 18.2. The maximum Gasteiger partial charge on any atom is 0.227 e. The molecule has 0 aliphatic heterocycles. The van der Waals surface area contributed by atoms with Crippen molar-refractivity contribution in [2.75, 3.05) is 0 Å². The third-order valence-corrected chi connectivity index (χ3v) is 3.72. The van der Waals surface area contributed by atoms with Crippen molar-refractivity contribution in [2.45, 2.75) is 6.92 Å². The Kier molecular flexibility index (Phi) is 2.97. The van der Waals surface area contributed by atoms with Gasteiger partial charge in [0.1, 0.15) is 0 Å². The monoisotopic (exact) mass is 286 g/mol. The van der Waals surface area contributed by atoms with E-state index in [1.165, 1.54) is 5.56 Å². The Bertz CT molecular complexity index is 934. The van der Waals surface area contributed by atoms with E-state index >= 15 is 0 Å². The highest BCUT2D eigenvalue weighted by molar-refractivity contribution is 5.92. The van der Waals surface area contributed by atoms with Crippen molar-refractivity contribution < 1.29 is 4.42 Å². The molecule has 2 aromatic carbocycles. The molecule has 0 N–H and O–H groups in total. The molecule has 0 atom stereocenters. The van der Waals surface area contributed by atoms with E-state index in [9.17, 15) is 0 Å². The van der Waals surface area contributed by atoms with E-state index in [2.05, 4.69) is 29.0 Å². The molecule has 0 saturated carbocycles. The van der Waals surface area contributed by atoms with Crippen molar-refractivity contribution in [1.82, 2.24) is 9.97 Å². The molecule has 0 aliphatic carbocycles. The molecule has 0 unspecified atom stereocenters. The van der Waals surface area contributed by atoms with Crippen LogP contribution in [0.25, 0.3) is 33.7 Å². The number of aromatic nitrogens is 2. The number of oxazole rings is 1. The lowest BCUT2D eigenvalue weighted by atomic mass is 10.1. The van der Waals surface area contributed by atoms with Gasteiger partial charge in [0.05, 0.1) is 11.7 Å². The SMILES string of the molecule is Cc1ccc(-c2cnc(-c3ccnc4ccccc34)o2)cc1. The van der Waals surface area contributed by atoms with E-state index < -0.39 is 0 Å². The lowest BCUT2D eigenvalue weighted by molar-refractivity contribution is 0.589. The van der Waals surface area contributed by atoms with Crippen molar-refractivity contribution in [1.29, 1.82) is 0 Å². The summed E-state index contributed by atoms with van der Waals surface area (Å²) in [6.45, 7) is 2.07. The molecule has 4 aromatic rings. The zero-order chi connectivity index (χ0) is 14.9. The van der Waals surface area contributed by atoms with Gasteiger partial charge in [-0.05, 0) is 19.1 Å². The van der Waals surface area contributed by atoms with Crippen LogP contribution in [0, 0.1) is 6.92 Å². The van der Waals surface area contributed by atoms with Gasteiger partial charge in [0.2, 0.25) is 5.89 Å². The highest BCUT2D eigenvalue weighted by atomic mass is 16.4. The number of hydrogen-bond acceptors (Lipinski definition) is 3. The molecule has 0 aliphatic rings. The largest absolute Gasteiger partial charge is 0.436 e. The summed E-state index contributed by atoms with van der Waals surface area (Å²) in [5.41, 5.74) is 4.16. The number of hydrogen-bond donors (Lipinski definition) is 0. The van der Waals surface area contributed by atoms with Gasteiger partial charge in [-0.3, -0.25) is 4.98 Å². The molecule has 22 heavy (non-hydrogen) atoms. The molecule has 0 saturated heterocycles. The van der Waals surface area contributed by atoms with Crippen molar-refractivity contribution in [3.8, 4) is 22.8 Å². The van der Waals surface area contributed by atoms with Gasteiger partial charge in [-0.1, -0.05) is 48.0 Å². The number of nitrogens with zero attached hydrogens (tertiary/aromatic N) is 2. The highest BCUT2D eigenvalue weighted by Crippen LogP contribution is 2.30. The highest BCUT2D eigenvalue weighted by Gasteiger charge is 2.11. The molecule has 2 heterocycles. The van der Waals surface area contributed by atoms with Gasteiger partial charge in [-0.2, -0.15) is 0 Å². The molecule has 0 spiro atoms. The lowest BCUT2D eigenvalue weighted by Gasteiger charge is -2.02. The van der Waals surface area contributed by atoms with E-state index in [1.807, 2.05) is 42.5 Å². The fourth-order valence-corrected chi connectivity index (χ4v) is 2.53. The van der Waals surface area contributed by atoms with Crippen LogP contribution in [0.3, 0.4) is 0 Å². The van der Waals surface area contributed by atoms with E-state index in [-0.39, 0.29) is 0 Å². The number of rotatable bonds is 2. The van der Waals surface area contributed by atoms with Crippen LogP contribution in [0.2, 0.25) is 0 Å². The Balaban J connectivity index is 1.82. The van der Waals surface area contributed by atoms with Crippen LogP contribution in [-0.2, 0) is 0 Å². The van der Waals surface area contributed by atoms with E-state index in [4.69, 9.17) is 4.42 Å². The third kappa shape index (κ3) is 2.17. The second-order valence-corrected chi connectivity index (χ2v) is 5.27. The second-order valence-electron chi connectivity index (χ2n) is 5.27. The van der Waals surface area contributed by atoms with Crippen molar-refractivity contribution >= 4 is 10.9 Å². The van der Waals surface area contributed by atoms with Crippen molar-refractivity contribution in [3.05, 3.63) is 72.6 Å². The summed E-state index contributed by atoms with van der Waals surface area (Å²) in [7, 11) is 0. The first-order chi connectivity index (χ1) is 10.8.